The normalized spacial score (nSPS) is 21.9. The number of halogens is 1. The second-order valence-electron chi connectivity index (χ2n) is 4.61. The van der Waals surface area contributed by atoms with Gasteiger partial charge in [-0.3, -0.25) is 9.69 Å². The van der Waals surface area contributed by atoms with E-state index in [2.05, 4.69) is 15.9 Å². The molecule has 8 heteroatoms. The molecule has 2 heterocycles. The lowest BCUT2D eigenvalue weighted by Crippen LogP contribution is -2.39. The summed E-state index contributed by atoms with van der Waals surface area (Å²) in [6.07, 6.45) is 0.515. The molecular formula is C11H14BrNO4S2. The fourth-order valence-corrected chi connectivity index (χ4v) is 5.18. The van der Waals surface area contributed by atoms with Gasteiger partial charge in [0.25, 0.3) is 0 Å². The molecule has 1 aromatic heterocycles. The first-order valence-corrected chi connectivity index (χ1v) is 9.24. The maximum absolute atomic E-state index is 11.5. The molecule has 0 radical (unpaired) electrons. The highest BCUT2D eigenvalue weighted by Crippen LogP contribution is 2.24. The van der Waals surface area contributed by atoms with Gasteiger partial charge in [0.05, 0.1) is 21.8 Å². The standard InChI is InChI=1S/C11H14BrNO4S2/c12-10-3-8(6-18-10)4-13(5-11(14)15)9-1-2-19(16,17)7-9/h3,6,9H,1-2,4-5,7H2,(H,14,15). The number of aliphatic carboxylic acids is 1. The third-order valence-electron chi connectivity index (χ3n) is 3.07. The summed E-state index contributed by atoms with van der Waals surface area (Å²) in [5.41, 5.74) is 1.00. The molecule has 0 aliphatic carbocycles. The number of carbonyl (C=O) groups is 1. The Morgan fingerprint density at radius 3 is 2.79 bits per heavy atom. The predicted molar refractivity (Wildman–Crippen MR) is 77.1 cm³/mol. The van der Waals surface area contributed by atoms with Gasteiger partial charge in [-0.05, 0) is 39.4 Å². The Morgan fingerprint density at radius 1 is 1.58 bits per heavy atom. The zero-order valence-electron chi connectivity index (χ0n) is 10.1. The van der Waals surface area contributed by atoms with Gasteiger partial charge < -0.3 is 5.11 Å². The lowest BCUT2D eigenvalue weighted by molar-refractivity contribution is -0.139. The molecule has 0 aromatic carbocycles. The molecule has 1 aliphatic rings. The Labute approximate surface area is 124 Å². The van der Waals surface area contributed by atoms with Crippen molar-refractivity contribution in [3.63, 3.8) is 0 Å². The molecule has 1 fully saturated rings. The monoisotopic (exact) mass is 367 g/mol. The average Bonchev–Trinajstić information content (AvgIpc) is 2.83. The molecule has 5 nitrogen and oxygen atoms in total. The van der Waals surface area contributed by atoms with E-state index in [1.54, 1.807) is 4.90 Å². The fraction of sp³-hybridized carbons (Fsp3) is 0.545. The first kappa shape index (κ1) is 15.0. The number of thiophene rings is 1. The molecule has 1 aliphatic heterocycles. The first-order chi connectivity index (χ1) is 8.85. The summed E-state index contributed by atoms with van der Waals surface area (Å²) in [6, 6.07) is 1.74. The van der Waals surface area contributed by atoms with E-state index in [1.807, 2.05) is 11.4 Å². The Bertz CT molecular complexity index is 569. The van der Waals surface area contributed by atoms with E-state index in [9.17, 15) is 13.2 Å². The highest BCUT2D eigenvalue weighted by Gasteiger charge is 2.33. The van der Waals surface area contributed by atoms with Gasteiger partial charge in [0.15, 0.2) is 9.84 Å². The molecule has 0 saturated carbocycles. The molecule has 1 aromatic rings. The van der Waals surface area contributed by atoms with Crippen molar-refractivity contribution in [3.05, 3.63) is 20.8 Å². The van der Waals surface area contributed by atoms with Crippen molar-refractivity contribution in [1.29, 1.82) is 0 Å². The van der Waals surface area contributed by atoms with Crippen molar-refractivity contribution in [2.24, 2.45) is 0 Å². The Kier molecular flexibility index (Phi) is 4.65. The lowest BCUT2D eigenvalue weighted by atomic mass is 10.2. The van der Waals surface area contributed by atoms with E-state index in [1.165, 1.54) is 11.3 Å². The number of carboxylic acids is 1. The topological polar surface area (TPSA) is 74.7 Å². The fourth-order valence-electron chi connectivity index (χ4n) is 2.21. The third-order valence-corrected chi connectivity index (χ3v) is 6.37. The minimum Gasteiger partial charge on any atom is -0.480 e. The van der Waals surface area contributed by atoms with Crippen LogP contribution < -0.4 is 0 Å². The molecule has 0 spiro atoms. The Morgan fingerprint density at radius 2 is 2.32 bits per heavy atom. The van der Waals surface area contributed by atoms with E-state index in [0.717, 1.165) is 9.35 Å². The van der Waals surface area contributed by atoms with Crippen molar-refractivity contribution in [2.45, 2.75) is 19.0 Å². The number of sulfone groups is 1. The minimum atomic E-state index is -3.00. The van der Waals surface area contributed by atoms with Gasteiger partial charge in [0.1, 0.15) is 0 Å². The molecule has 106 valence electrons. The van der Waals surface area contributed by atoms with Gasteiger partial charge in [-0.1, -0.05) is 0 Å². The van der Waals surface area contributed by atoms with Crippen molar-refractivity contribution >= 4 is 43.1 Å². The number of carboxylic acid groups (broad SMARTS) is 1. The van der Waals surface area contributed by atoms with E-state index in [-0.39, 0.29) is 24.1 Å². The minimum absolute atomic E-state index is 0.0611. The number of rotatable bonds is 5. The molecule has 0 bridgehead atoms. The second-order valence-corrected chi connectivity index (χ2v) is 9.13. The van der Waals surface area contributed by atoms with Gasteiger partial charge in [0.2, 0.25) is 0 Å². The van der Waals surface area contributed by atoms with Crippen molar-refractivity contribution in [3.8, 4) is 0 Å². The summed E-state index contributed by atoms with van der Waals surface area (Å²) in [7, 11) is -3.00. The van der Waals surface area contributed by atoms with Crippen molar-refractivity contribution in [1.82, 2.24) is 4.90 Å². The maximum Gasteiger partial charge on any atom is 0.317 e. The van der Waals surface area contributed by atoms with E-state index in [0.29, 0.717) is 13.0 Å². The van der Waals surface area contributed by atoms with Crippen LogP contribution in [0.15, 0.2) is 15.2 Å². The molecule has 1 unspecified atom stereocenters. The van der Waals surface area contributed by atoms with Gasteiger partial charge in [0, 0.05) is 12.6 Å². The van der Waals surface area contributed by atoms with Crippen molar-refractivity contribution in [2.75, 3.05) is 18.1 Å². The third kappa shape index (κ3) is 4.27. The summed E-state index contributed by atoms with van der Waals surface area (Å²) in [6.45, 7) is 0.336. The van der Waals surface area contributed by atoms with E-state index >= 15 is 0 Å². The predicted octanol–water partition coefficient (Wildman–Crippen LogP) is 1.58. The van der Waals surface area contributed by atoms with Crippen LogP contribution in [0, 0.1) is 0 Å². The van der Waals surface area contributed by atoms with E-state index in [4.69, 9.17) is 5.11 Å². The molecule has 1 N–H and O–H groups in total. The zero-order valence-corrected chi connectivity index (χ0v) is 13.3. The largest absolute Gasteiger partial charge is 0.480 e. The summed E-state index contributed by atoms with van der Waals surface area (Å²) >= 11 is 4.89. The van der Waals surface area contributed by atoms with Crippen LogP contribution >= 0.6 is 27.3 Å². The van der Waals surface area contributed by atoms with Gasteiger partial charge in [-0.25, -0.2) is 8.42 Å². The number of hydrogen-bond donors (Lipinski definition) is 1. The van der Waals surface area contributed by atoms with Crippen LogP contribution in [0.4, 0.5) is 0 Å². The summed E-state index contributed by atoms with van der Waals surface area (Å²) < 4.78 is 24.0. The highest BCUT2D eigenvalue weighted by atomic mass is 79.9. The van der Waals surface area contributed by atoms with Crippen LogP contribution in [0.3, 0.4) is 0 Å². The molecule has 2 rings (SSSR count). The smallest absolute Gasteiger partial charge is 0.317 e. The second kappa shape index (κ2) is 5.90. The molecular weight excluding hydrogens is 354 g/mol. The van der Waals surface area contributed by atoms with Gasteiger partial charge in [-0.15, -0.1) is 11.3 Å². The molecule has 1 atom stereocenters. The van der Waals surface area contributed by atoms with Crippen LogP contribution in [-0.2, 0) is 21.2 Å². The van der Waals surface area contributed by atoms with Gasteiger partial charge in [-0.2, -0.15) is 0 Å². The molecule has 19 heavy (non-hydrogen) atoms. The summed E-state index contributed by atoms with van der Waals surface area (Å²) in [4.78, 5) is 12.7. The first-order valence-electron chi connectivity index (χ1n) is 5.75. The van der Waals surface area contributed by atoms with Crippen LogP contribution in [0.2, 0.25) is 0 Å². The van der Waals surface area contributed by atoms with Crippen LogP contribution in [-0.4, -0.2) is 48.5 Å². The molecule has 0 amide bonds. The summed E-state index contributed by atoms with van der Waals surface area (Å²) in [5.74, 6) is -0.717. The summed E-state index contributed by atoms with van der Waals surface area (Å²) in [5, 5.41) is 10.9. The maximum atomic E-state index is 11.5. The number of hydrogen-bond acceptors (Lipinski definition) is 5. The van der Waals surface area contributed by atoms with Crippen LogP contribution in [0.25, 0.3) is 0 Å². The van der Waals surface area contributed by atoms with Gasteiger partial charge >= 0.3 is 5.97 Å². The Balaban J connectivity index is 2.10. The van der Waals surface area contributed by atoms with E-state index < -0.39 is 15.8 Å². The van der Waals surface area contributed by atoms with Crippen LogP contribution in [0.1, 0.15) is 12.0 Å². The number of nitrogens with zero attached hydrogens (tertiary/aromatic N) is 1. The average molecular weight is 368 g/mol. The van der Waals surface area contributed by atoms with Crippen LogP contribution in [0.5, 0.6) is 0 Å². The quantitative estimate of drug-likeness (QED) is 0.854. The molecule has 1 saturated heterocycles. The highest BCUT2D eigenvalue weighted by molar-refractivity contribution is 9.11. The Hall–Kier alpha value is -0.440. The SMILES string of the molecule is O=C(O)CN(Cc1csc(Br)c1)C1CCS(=O)(=O)C1. The zero-order chi connectivity index (χ0) is 14.0. The lowest BCUT2D eigenvalue weighted by Gasteiger charge is -2.25. The van der Waals surface area contributed by atoms with Crippen molar-refractivity contribution < 1.29 is 18.3 Å².